The highest BCUT2D eigenvalue weighted by Crippen LogP contribution is 2.23. The molecule has 188 valence electrons. The minimum atomic E-state index is 0.0127. The number of hydrogen-bond donors (Lipinski definition) is 2. The van der Waals surface area contributed by atoms with Crippen molar-refractivity contribution in [3.8, 4) is 0 Å². The molecule has 1 aliphatic heterocycles. The van der Waals surface area contributed by atoms with E-state index in [4.69, 9.17) is 9.98 Å². The van der Waals surface area contributed by atoms with Crippen LogP contribution in [0.1, 0.15) is 25.0 Å². The lowest BCUT2D eigenvalue weighted by atomic mass is 10.1. The summed E-state index contributed by atoms with van der Waals surface area (Å²) in [4.78, 5) is 16.4. The highest BCUT2D eigenvalue weighted by atomic mass is 32.2. The average molecular weight is 518 g/mol. The number of hydrogen-bond acceptors (Lipinski definition) is 7. The number of aliphatic imine (C=N–C) groups is 2. The van der Waals surface area contributed by atoms with Gasteiger partial charge < -0.3 is 9.80 Å². The molecule has 1 saturated heterocycles. The smallest absolute Gasteiger partial charge is 0.0970 e. The molecular formula is C29H35N5S2. The highest BCUT2D eigenvalue weighted by Gasteiger charge is 2.19. The molecule has 0 amide bonds. The van der Waals surface area contributed by atoms with Crippen molar-refractivity contribution in [1.29, 1.82) is 0 Å². The van der Waals surface area contributed by atoms with E-state index in [-0.39, 0.29) is 4.71 Å². The molecule has 3 aromatic rings. The first kappa shape index (κ1) is 26.3. The number of rotatable bonds is 7. The second kappa shape index (κ2) is 12.0. The molecule has 0 saturated carbocycles. The molecule has 0 N–H and O–H groups in total. The van der Waals surface area contributed by atoms with E-state index in [1.54, 1.807) is 0 Å². The Bertz CT molecular complexity index is 1190. The van der Waals surface area contributed by atoms with Gasteiger partial charge in [-0.15, -0.1) is 25.3 Å². The molecule has 0 radical (unpaired) electrons. The van der Waals surface area contributed by atoms with E-state index in [0.717, 1.165) is 60.1 Å². The van der Waals surface area contributed by atoms with Gasteiger partial charge in [-0.3, -0.25) is 14.9 Å². The molecule has 5 nitrogen and oxygen atoms in total. The van der Waals surface area contributed by atoms with Crippen LogP contribution in [0, 0.1) is 0 Å². The van der Waals surface area contributed by atoms with Gasteiger partial charge in [-0.25, -0.2) is 0 Å². The molecule has 1 fully saturated rings. The molecule has 0 atom stereocenters. The van der Waals surface area contributed by atoms with Crippen LogP contribution < -0.4 is 9.80 Å². The van der Waals surface area contributed by atoms with Crippen molar-refractivity contribution in [2.45, 2.75) is 18.6 Å². The first-order chi connectivity index (χ1) is 17.3. The van der Waals surface area contributed by atoms with E-state index >= 15 is 0 Å². The highest BCUT2D eigenvalue weighted by molar-refractivity contribution is 7.99. The molecule has 0 aliphatic carbocycles. The SMILES string of the molecule is CC(=Nc1ccc(N=C(C)c2ccc(N3CCN(C(S)S)CC3)cc2)cc1)c1ccc(N(C)C)cc1. The maximum Gasteiger partial charge on any atom is 0.0970 e. The van der Waals surface area contributed by atoms with Crippen LogP contribution in [0.2, 0.25) is 0 Å². The fourth-order valence-electron chi connectivity index (χ4n) is 4.24. The number of anilines is 2. The Morgan fingerprint density at radius 1 is 0.694 bits per heavy atom. The lowest BCUT2D eigenvalue weighted by Gasteiger charge is -2.37. The van der Waals surface area contributed by atoms with Crippen LogP contribution in [0.5, 0.6) is 0 Å². The van der Waals surface area contributed by atoms with Gasteiger partial charge in [0.2, 0.25) is 0 Å². The standard InChI is InChI=1S/C29H35N5S2/c1-21(23-5-13-27(14-6-23)32(3)4)30-25-9-11-26(12-10-25)31-22(2)24-7-15-28(16-8-24)33-17-19-34(20-18-33)29(35)36/h5-16,29,35-36H,17-20H2,1-4H3. The van der Waals surface area contributed by atoms with Crippen molar-refractivity contribution in [3.63, 3.8) is 0 Å². The van der Waals surface area contributed by atoms with Gasteiger partial charge in [0.05, 0.1) is 16.1 Å². The zero-order valence-corrected chi connectivity index (χ0v) is 23.3. The molecule has 1 heterocycles. The van der Waals surface area contributed by atoms with Gasteiger partial charge >= 0.3 is 0 Å². The Labute approximate surface area is 226 Å². The summed E-state index contributed by atoms with van der Waals surface area (Å²) in [6.07, 6.45) is 0. The average Bonchev–Trinajstić information content (AvgIpc) is 2.90. The lowest BCUT2D eigenvalue weighted by Crippen LogP contribution is -2.47. The van der Waals surface area contributed by atoms with Crippen LogP contribution >= 0.6 is 25.3 Å². The Hall–Kier alpha value is -2.74. The number of benzene rings is 3. The molecular weight excluding hydrogens is 482 g/mol. The lowest BCUT2D eigenvalue weighted by molar-refractivity contribution is 0.287. The molecule has 7 heteroatoms. The zero-order chi connectivity index (χ0) is 25.7. The molecule has 0 unspecified atom stereocenters. The summed E-state index contributed by atoms with van der Waals surface area (Å²) in [7, 11) is 4.09. The van der Waals surface area contributed by atoms with Crippen LogP contribution in [-0.2, 0) is 0 Å². The maximum atomic E-state index is 4.83. The van der Waals surface area contributed by atoms with Crippen LogP contribution in [0.25, 0.3) is 0 Å². The number of thiol groups is 2. The van der Waals surface area contributed by atoms with Gasteiger partial charge in [0.25, 0.3) is 0 Å². The quantitative estimate of drug-likeness (QED) is 0.219. The van der Waals surface area contributed by atoms with E-state index in [0.29, 0.717) is 0 Å². The fraction of sp³-hybridized carbons (Fsp3) is 0.310. The van der Waals surface area contributed by atoms with Gasteiger partial charge in [0.1, 0.15) is 0 Å². The second-order valence-electron chi connectivity index (χ2n) is 9.27. The molecule has 4 rings (SSSR count). The van der Waals surface area contributed by atoms with E-state index in [1.165, 1.54) is 11.4 Å². The predicted molar refractivity (Wildman–Crippen MR) is 163 cm³/mol. The van der Waals surface area contributed by atoms with E-state index in [2.05, 4.69) is 95.4 Å². The summed E-state index contributed by atoms with van der Waals surface area (Å²) in [6.45, 7) is 8.02. The van der Waals surface area contributed by atoms with Gasteiger partial charge in [-0.05, 0) is 73.5 Å². The minimum absolute atomic E-state index is 0.0127. The van der Waals surface area contributed by atoms with Crippen molar-refractivity contribution >= 4 is 59.4 Å². The summed E-state index contributed by atoms with van der Waals surface area (Å²) < 4.78 is 0.0127. The van der Waals surface area contributed by atoms with Crippen molar-refractivity contribution < 1.29 is 0 Å². The summed E-state index contributed by atoms with van der Waals surface area (Å²) >= 11 is 8.86. The number of piperazine rings is 1. The Kier molecular flexibility index (Phi) is 8.77. The minimum Gasteiger partial charge on any atom is -0.378 e. The van der Waals surface area contributed by atoms with Crippen LogP contribution in [0.15, 0.2) is 82.8 Å². The van der Waals surface area contributed by atoms with Crippen LogP contribution in [0.3, 0.4) is 0 Å². The first-order valence-corrected chi connectivity index (χ1v) is 13.3. The topological polar surface area (TPSA) is 34.4 Å². The molecule has 36 heavy (non-hydrogen) atoms. The molecule has 0 aromatic heterocycles. The molecule has 0 bridgehead atoms. The Balaban J connectivity index is 1.39. The third-order valence-corrected chi connectivity index (χ3v) is 7.19. The summed E-state index contributed by atoms with van der Waals surface area (Å²) in [5.41, 5.74) is 8.50. The Morgan fingerprint density at radius 3 is 1.56 bits per heavy atom. The van der Waals surface area contributed by atoms with Crippen molar-refractivity contribution in [1.82, 2.24) is 4.90 Å². The number of nitrogens with zero attached hydrogens (tertiary/aromatic N) is 5. The third-order valence-electron chi connectivity index (χ3n) is 6.54. The zero-order valence-electron chi connectivity index (χ0n) is 21.5. The van der Waals surface area contributed by atoms with Crippen molar-refractivity contribution in [2.75, 3.05) is 50.1 Å². The maximum absolute atomic E-state index is 4.83. The molecule has 3 aromatic carbocycles. The summed E-state index contributed by atoms with van der Waals surface area (Å²) in [5.74, 6) is 0. The van der Waals surface area contributed by atoms with Crippen LogP contribution in [0.4, 0.5) is 22.7 Å². The molecule has 1 aliphatic rings. The van der Waals surface area contributed by atoms with E-state index in [9.17, 15) is 0 Å². The molecule has 0 spiro atoms. The summed E-state index contributed by atoms with van der Waals surface area (Å²) in [6, 6.07) is 25.2. The third kappa shape index (κ3) is 6.72. The first-order valence-electron chi connectivity index (χ1n) is 12.2. The van der Waals surface area contributed by atoms with Crippen molar-refractivity contribution in [3.05, 3.63) is 83.9 Å². The monoisotopic (exact) mass is 517 g/mol. The van der Waals surface area contributed by atoms with Gasteiger partial charge in [0.15, 0.2) is 0 Å². The van der Waals surface area contributed by atoms with Gasteiger partial charge in [-0.1, -0.05) is 24.3 Å². The second-order valence-corrected chi connectivity index (χ2v) is 10.7. The Morgan fingerprint density at radius 2 is 1.14 bits per heavy atom. The van der Waals surface area contributed by atoms with Crippen molar-refractivity contribution in [2.24, 2.45) is 9.98 Å². The normalized spacial score (nSPS) is 15.5. The predicted octanol–water partition coefficient (Wildman–Crippen LogP) is 6.30. The van der Waals surface area contributed by atoms with Gasteiger partial charge in [-0.2, -0.15) is 0 Å². The van der Waals surface area contributed by atoms with E-state index < -0.39 is 0 Å². The van der Waals surface area contributed by atoms with Gasteiger partial charge in [0, 0.05) is 63.1 Å². The largest absolute Gasteiger partial charge is 0.378 e. The summed E-state index contributed by atoms with van der Waals surface area (Å²) in [5, 5.41) is 0. The fourth-order valence-corrected chi connectivity index (χ4v) is 4.71. The van der Waals surface area contributed by atoms with Crippen LogP contribution in [-0.4, -0.2) is 61.3 Å². The van der Waals surface area contributed by atoms with E-state index in [1.807, 2.05) is 45.3 Å².